The number of aryl methyl sites for hydroxylation is 1. The first-order valence-electron chi connectivity index (χ1n) is 9.63. The van der Waals surface area contributed by atoms with Crippen molar-refractivity contribution in [3.63, 3.8) is 0 Å². The molecule has 0 aromatic heterocycles. The molecule has 1 heterocycles. The Morgan fingerprint density at radius 2 is 1.74 bits per heavy atom. The zero-order valence-electron chi connectivity index (χ0n) is 16.6. The van der Waals surface area contributed by atoms with Gasteiger partial charge >= 0.3 is 0 Å². The van der Waals surface area contributed by atoms with Crippen LogP contribution in [0.2, 0.25) is 5.02 Å². The third-order valence-corrected chi connectivity index (χ3v) is 5.10. The Labute approximate surface area is 169 Å². The lowest BCUT2D eigenvalue weighted by Crippen LogP contribution is -2.45. The van der Waals surface area contributed by atoms with Crippen LogP contribution in [0.15, 0.2) is 73.5 Å². The maximum Gasteiger partial charge on any atom is 0.0642 e. The number of rotatable bonds is 5. The van der Waals surface area contributed by atoms with Gasteiger partial charge in [-0.05, 0) is 43.0 Å². The predicted molar refractivity (Wildman–Crippen MR) is 120 cm³/mol. The molecule has 0 radical (unpaired) electrons. The minimum Gasteiger partial charge on any atom is -0.372 e. The quantitative estimate of drug-likeness (QED) is 0.575. The Hall–Kier alpha value is -2.19. The summed E-state index contributed by atoms with van der Waals surface area (Å²) in [5, 5.41) is 0.859. The molecule has 0 unspecified atom stereocenters. The van der Waals surface area contributed by atoms with E-state index in [1.54, 1.807) is 0 Å². The Balaban J connectivity index is 0.000000244. The highest BCUT2D eigenvalue weighted by molar-refractivity contribution is 6.33. The van der Waals surface area contributed by atoms with Crippen molar-refractivity contribution in [2.75, 3.05) is 31.1 Å². The van der Waals surface area contributed by atoms with Crippen LogP contribution in [0.5, 0.6) is 0 Å². The number of anilines is 1. The molecule has 0 amide bonds. The van der Waals surface area contributed by atoms with Crippen molar-refractivity contribution in [1.82, 2.24) is 4.90 Å². The molecule has 0 atom stereocenters. The number of hydrogen-bond acceptors (Lipinski definition) is 2. The second kappa shape index (κ2) is 10.8. The van der Waals surface area contributed by atoms with Gasteiger partial charge in [0.25, 0.3) is 0 Å². The minimum absolute atomic E-state index is 0.859. The third kappa shape index (κ3) is 6.48. The van der Waals surface area contributed by atoms with Gasteiger partial charge in [0.2, 0.25) is 0 Å². The Bertz CT molecular complexity index is 731. The van der Waals surface area contributed by atoms with Crippen LogP contribution in [0.3, 0.4) is 0 Å². The van der Waals surface area contributed by atoms with Gasteiger partial charge in [-0.2, -0.15) is 0 Å². The van der Waals surface area contributed by atoms with E-state index in [2.05, 4.69) is 61.1 Å². The van der Waals surface area contributed by atoms with Gasteiger partial charge in [0.1, 0.15) is 0 Å². The number of allylic oxidation sites excluding steroid dienone is 2. The summed E-state index contributed by atoms with van der Waals surface area (Å²) in [6.07, 6.45) is 3.92. The van der Waals surface area contributed by atoms with Gasteiger partial charge in [0, 0.05) is 31.9 Å². The van der Waals surface area contributed by atoms with Crippen LogP contribution >= 0.6 is 11.6 Å². The number of hydrogen-bond donors (Lipinski definition) is 0. The average Bonchev–Trinajstić information content (AvgIpc) is 2.69. The number of piperazine rings is 1. The van der Waals surface area contributed by atoms with Crippen LogP contribution in [-0.2, 0) is 6.42 Å². The highest BCUT2D eigenvalue weighted by Crippen LogP contribution is 2.28. The SMILES string of the molecule is C=C(CC)N1CCN(c2ccc(C)cc2Cl)CC1.C=CCc1ccccc1. The summed E-state index contributed by atoms with van der Waals surface area (Å²) in [5.74, 6) is 0. The largest absolute Gasteiger partial charge is 0.372 e. The molecular formula is C24H31ClN2. The molecule has 3 heteroatoms. The zero-order chi connectivity index (χ0) is 19.6. The number of nitrogens with zero attached hydrogens (tertiary/aromatic N) is 2. The molecule has 1 aliphatic heterocycles. The molecule has 144 valence electrons. The lowest BCUT2D eigenvalue weighted by Gasteiger charge is -2.38. The van der Waals surface area contributed by atoms with E-state index in [4.69, 9.17) is 11.6 Å². The smallest absolute Gasteiger partial charge is 0.0642 e. The summed E-state index contributed by atoms with van der Waals surface area (Å²) in [5.41, 5.74) is 4.93. The van der Waals surface area contributed by atoms with Crippen LogP contribution in [0.4, 0.5) is 5.69 Å². The molecule has 2 aromatic carbocycles. The van der Waals surface area contributed by atoms with Crippen LogP contribution in [0.1, 0.15) is 24.5 Å². The first-order chi connectivity index (χ1) is 13.0. The highest BCUT2D eigenvalue weighted by atomic mass is 35.5. The van der Waals surface area contributed by atoms with E-state index in [-0.39, 0.29) is 0 Å². The second-order valence-electron chi connectivity index (χ2n) is 6.83. The average molecular weight is 383 g/mol. The van der Waals surface area contributed by atoms with E-state index in [0.717, 1.165) is 49.7 Å². The first-order valence-corrected chi connectivity index (χ1v) is 10.0. The molecule has 2 aromatic rings. The molecule has 0 saturated carbocycles. The normalized spacial score (nSPS) is 13.6. The molecule has 0 spiro atoms. The topological polar surface area (TPSA) is 6.48 Å². The Morgan fingerprint density at radius 3 is 2.30 bits per heavy atom. The first kappa shape index (κ1) is 21.1. The molecule has 3 rings (SSSR count). The van der Waals surface area contributed by atoms with Crippen molar-refractivity contribution in [2.24, 2.45) is 0 Å². The fourth-order valence-corrected chi connectivity index (χ4v) is 3.49. The molecule has 0 aliphatic carbocycles. The number of benzene rings is 2. The zero-order valence-corrected chi connectivity index (χ0v) is 17.4. The van der Waals surface area contributed by atoms with Crippen LogP contribution < -0.4 is 4.90 Å². The molecule has 27 heavy (non-hydrogen) atoms. The van der Waals surface area contributed by atoms with E-state index < -0.39 is 0 Å². The van der Waals surface area contributed by atoms with E-state index >= 15 is 0 Å². The fourth-order valence-electron chi connectivity index (χ4n) is 3.14. The lowest BCUT2D eigenvalue weighted by atomic mass is 10.2. The standard InChI is InChI=1S/C15H21ClN2.C9H10/c1-4-13(3)17-7-9-18(10-8-17)15-6-5-12(2)11-14(15)16;1-2-6-9-7-4-3-5-8-9/h5-6,11H,3-4,7-10H2,1-2H3;2-5,7-8H,1,6H2. The van der Waals surface area contributed by atoms with Crippen molar-refractivity contribution in [3.05, 3.63) is 89.6 Å². The summed E-state index contributed by atoms with van der Waals surface area (Å²) >= 11 is 6.32. The van der Waals surface area contributed by atoms with Gasteiger partial charge in [-0.3, -0.25) is 0 Å². The molecule has 1 aliphatic rings. The summed E-state index contributed by atoms with van der Waals surface area (Å²) in [6, 6.07) is 16.6. The molecule has 1 saturated heterocycles. The van der Waals surface area contributed by atoms with Gasteiger partial charge in [0.15, 0.2) is 0 Å². The molecule has 0 bridgehead atoms. The van der Waals surface area contributed by atoms with Gasteiger partial charge in [-0.25, -0.2) is 0 Å². The molecular weight excluding hydrogens is 352 g/mol. The summed E-state index contributed by atoms with van der Waals surface area (Å²) in [4.78, 5) is 4.74. The fraction of sp³-hybridized carbons (Fsp3) is 0.333. The van der Waals surface area contributed by atoms with E-state index in [1.807, 2.05) is 30.3 Å². The maximum absolute atomic E-state index is 6.32. The lowest BCUT2D eigenvalue weighted by molar-refractivity contribution is 0.315. The van der Waals surface area contributed by atoms with Crippen molar-refractivity contribution < 1.29 is 0 Å². The minimum atomic E-state index is 0.859. The van der Waals surface area contributed by atoms with Gasteiger partial charge < -0.3 is 9.80 Å². The van der Waals surface area contributed by atoms with Gasteiger partial charge in [0.05, 0.1) is 10.7 Å². The van der Waals surface area contributed by atoms with Gasteiger partial charge in [-0.1, -0.05) is 67.6 Å². The highest BCUT2D eigenvalue weighted by Gasteiger charge is 2.18. The maximum atomic E-state index is 6.32. The van der Waals surface area contributed by atoms with Crippen molar-refractivity contribution in [1.29, 1.82) is 0 Å². The van der Waals surface area contributed by atoms with Crippen LogP contribution in [0.25, 0.3) is 0 Å². The van der Waals surface area contributed by atoms with Gasteiger partial charge in [-0.15, -0.1) is 6.58 Å². The number of halogens is 1. The van der Waals surface area contributed by atoms with Crippen molar-refractivity contribution >= 4 is 17.3 Å². The Kier molecular flexibility index (Phi) is 8.47. The van der Waals surface area contributed by atoms with E-state index in [0.29, 0.717) is 0 Å². The molecule has 2 nitrogen and oxygen atoms in total. The van der Waals surface area contributed by atoms with E-state index in [9.17, 15) is 0 Å². The monoisotopic (exact) mass is 382 g/mol. The summed E-state index contributed by atoms with van der Waals surface area (Å²) in [6.45, 7) is 16.1. The molecule has 0 N–H and O–H groups in total. The second-order valence-corrected chi connectivity index (χ2v) is 7.23. The summed E-state index contributed by atoms with van der Waals surface area (Å²) < 4.78 is 0. The van der Waals surface area contributed by atoms with Crippen molar-refractivity contribution in [2.45, 2.75) is 26.7 Å². The molecule has 1 fully saturated rings. The van der Waals surface area contributed by atoms with Crippen LogP contribution in [-0.4, -0.2) is 31.1 Å². The van der Waals surface area contributed by atoms with E-state index in [1.165, 1.54) is 16.8 Å². The third-order valence-electron chi connectivity index (χ3n) is 4.80. The predicted octanol–water partition coefficient (Wildman–Crippen LogP) is 6.11. The van der Waals surface area contributed by atoms with Crippen LogP contribution in [0, 0.1) is 6.92 Å². The Morgan fingerprint density at radius 1 is 1.07 bits per heavy atom. The van der Waals surface area contributed by atoms with Crippen molar-refractivity contribution in [3.8, 4) is 0 Å². The summed E-state index contributed by atoms with van der Waals surface area (Å²) in [7, 11) is 0.